The second-order valence-electron chi connectivity index (χ2n) is 3.38. The first-order chi connectivity index (χ1) is 8.27. The summed E-state index contributed by atoms with van der Waals surface area (Å²) in [6, 6.07) is 9.45. The first-order valence-electron chi connectivity index (χ1n) is 5.22. The van der Waals surface area contributed by atoms with Gasteiger partial charge in [0.25, 0.3) is 0 Å². The summed E-state index contributed by atoms with van der Waals surface area (Å²) in [5.74, 6) is -0.209. The predicted molar refractivity (Wildman–Crippen MR) is 64.3 cm³/mol. The third-order valence-electron chi connectivity index (χ3n) is 2.12. The molecule has 0 bridgehead atoms. The molecule has 0 saturated heterocycles. The highest BCUT2D eigenvalue weighted by Crippen LogP contribution is 2.15. The number of carbonyl (C=O) groups excluding carboxylic acids is 1. The third kappa shape index (κ3) is 4.53. The predicted octanol–water partition coefficient (Wildman–Crippen LogP) is 0.885. The maximum atomic E-state index is 11.3. The van der Waals surface area contributed by atoms with Gasteiger partial charge in [-0.1, -0.05) is 18.2 Å². The molecule has 17 heavy (non-hydrogen) atoms. The zero-order chi connectivity index (χ0) is 12.5. The maximum absolute atomic E-state index is 11.3. The number of methoxy groups -OCH3 is 1. The number of nitrogens with zero attached hydrogens (tertiary/aromatic N) is 1. The number of nitrogens with one attached hydrogen (secondary N) is 2. The van der Waals surface area contributed by atoms with Crippen LogP contribution in [0.4, 0.5) is 5.69 Å². The number of amides is 1. The summed E-state index contributed by atoms with van der Waals surface area (Å²) < 4.78 is 5.06. The van der Waals surface area contributed by atoms with E-state index in [1.807, 2.05) is 30.3 Å². The van der Waals surface area contributed by atoms with E-state index >= 15 is 0 Å². The SMILES string of the molecule is COCc1ccccc1NCC(=O)NCC#N. The van der Waals surface area contributed by atoms with E-state index in [2.05, 4.69) is 10.6 Å². The van der Waals surface area contributed by atoms with Crippen molar-refractivity contribution >= 4 is 11.6 Å². The van der Waals surface area contributed by atoms with Gasteiger partial charge in [-0.3, -0.25) is 4.79 Å². The first kappa shape index (κ1) is 13.0. The summed E-state index contributed by atoms with van der Waals surface area (Å²) in [5, 5.41) is 13.8. The molecule has 5 nitrogen and oxygen atoms in total. The Hall–Kier alpha value is -2.06. The van der Waals surface area contributed by atoms with Crippen LogP contribution in [0.5, 0.6) is 0 Å². The summed E-state index contributed by atoms with van der Waals surface area (Å²) in [6.07, 6.45) is 0. The number of rotatable bonds is 6. The van der Waals surface area contributed by atoms with Gasteiger partial charge in [-0.25, -0.2) is 0 Å². The lowest BCUT2D eigenvalue weighted by Crippen LogP contribution is -2.30. The van der Waals surface area contributed by atoms with Gasteiger partial charge in [0, 0.05) is 18.4 Å². The molecule has 1 rings (SSSR count). The quantitative estimate of drug-likeness (QED) is 0.715. The van der Waals surface area contributed by atoms with Gasteiger partial charge < -0.3 is 15.4 Å². The lowest BCUT2D eigenvalue weighted by atomic mass is 10.2. The molecule has 1 aromatic rings. The molecule has 0 saturated carbocycles. The van der Waals surface area contributed by atoms with Crippen LogP contribution in [0.3, 0.4) is 0 Å². The number of nitriles is 1. The molecule has 0 atom stereocenters. The minimum absolute atomic E-state index is 0.0280. The van der Waals surface area contributed by atoms with Crippen molar-refractivity contribution < 1.29 is 9.53 Å². The lowest BCUT2D eigenvalue weighted by Gasteiger charge is -2.10. The van der Waals surface area contributed by atoms with Crippen molar-refractivity contribution in [1.29, 1.82) is 5.26 Å². The van der Waals surface area contributed by atoms with Crippen LogP contribution in [0.1, 0.15) is 5.56 Å². The minimum atomic E-state index is -0.209. The molecule has 0 radical (unpaired) electrons. The Kier molecular flexibility index (Phi) is 5.55. The fourth-order valence-electron chi connectivity index (χ4n) is 1.35. The topological polar surface area (TPSA) is 74.2 Å². The van der Waals surface area contributed by atoms with Crippen molar-refractivity contribution in [3.05, 3.63) is 29.8 Å². The molecule has 0 aliphatic rings. The zero-order valence-electron chi connectivity index (χ0n) is 9.69. The highest BCUT2D eigenvalue weighted by Gasteiger charge is 2.03. The molecule has 0 fully saturated rings. The van der Waals surface area contributed by atoms with E-state index in [9.17, 15) is 4.79 Å². The van der Waals surface area contributed by atoms with E-state index in [0.717, 1.165) is 11.3 Å². The van der Waals surface area contributed by atoms with Crippen LogP contribution in [-0.4, -0.2) is 26.1 Å². The van der Waals surface area contributed by atoms with E-state index in [-0.39, 0.29) is 19.0 Å². The van der Waals surface area contributed by atoms with Crippen LogP contribution in [0.25, 0.3) is 0 Å². The number of anilines is 1. The molecule has 0 heterocycles. The molecule has 2 N–H and O–H groups in total. The van der Waals surface area contributed by atoms with Crippen LogP contribution in [0.15, 0.2) is 24.3 Å². The molecular weight excluding hydrogens is 218 g/mol. The largest absolute Gasteiger partial charge is 0.380 e. The Morgan fingerprint density at radius 3 is 2.94 bits per heavy atom. The van der Waals surface area contributed by atoms with E-state index in [1.165, 1.54) is 0 Å². The second kappa shape index (κ2) is 7.25. The third-order valence-corrected chi connectivity index (χ3v) is 2.12. The van der Waals surface area contributed by atoms with E-state index in [0.29, 0.717) is 6.61 Å². The fraction of sp³-hybridized carbons (Fsp3) is 0.333. The Morgan fingerprint density at radius 1 is 1.47 bits per heavy atom. The molecule has 1 amide bonds. The number of benzene rings is 1. The van der Waals surface area contributed by atoms with E-state index in [4.69, 9.17) is 10.00 Å². The Bertz CT molecular complexity index is 412. The van der Waals surface area contributed by atoms with Gasteiger partial charge in [0.2, 0.25) is 5.91 Å². The summed E-state index contributed by atoms with van der Waals surface area (Å²) >= 11 is 0. The maximum Gasteiger partial charge on any atom is 0.240 e. The normalized spacial score (nSPS) is 9.41. The highest BCUT2D eigenvalue weighted by atomic mass is 16.5. The smallest absolute Gasteiger partial charge is 0.240 e. The van der Waals surface area contributed by atoms with E-state index in [1.54, 1.807) is 7.11 Å². The molecule has 0 aliphatic carbocycles. The lowest BCUT2D eigenvalue weighted by molar-refractivity contribution is -0.119. The van der Waals surface area contributed by atoms with Crippen LogP contribution in [-0.2, 0) is 16.1 Å². The van der Waals surface area contributed by atoms with Gasteiger partial charge in [-0.15, -0.1) is 0 Å². The molecule has 0 spiro atoms. The van der Waals surface area contributed by atoms with Gasteiger partial charge in [0.1, 0.15) is 6.54 Å². The number of hydrogen-bond acceptors (Lipinski definition) is 4. The number of ether oxygens (including phenoxy) is 1. The summed E-state index contributed by atoms with van der Waals surface area (Å²) in [5.41, 5.74) is 1.85. The Labute approximate surface area is 100 Å². The number of carbonyl (C=O) groups is 1. The summed E-state index contributed by atoms with van der Waals surface area (Å²) in [4.78, 5) is 11.3. The molecular formula is C12H15N3O2. The van der Waals surface area contributed by atoms with Crippen molar-refractivity contribution in [1.82, 2.24) is 5.32 Å². The van der Waals surface area contributed by atoms with Crippen LogP contribution in [0, 0.1) is 11.3 Å². The van der Waals surface area contributed by atoms with Crippen molar-refractivity contribution in [2.75, 3.05) is 25.5 Å². The average Bonchev–Trinajstić information content (AvgIpc) is 2.35. The van der Waals surface area contributed by atoms with Gasteiger partial charge in [-0.05, 0) is 6.07 Å². The van der Waals surface area contributed by atoms with E-state index < -0.39 is 0 Å². The summed E-state index contributed by atoms with van der Waals surface area (Å²) in [7, 11) is 1.62. The number of hydrogen-bond donors (Lipinski definition) is 2. The molecule has 0 aliphatic heterocycles. The van der Waals surface area contributed by atoms with Crippen molar-refractivity contribution in [3.8, 4) is 6.07 Å². The van der Waals surface area contributed by atoms with Gasteiger partial charge in [0.15, 0.2) is 0 Å². The van der Waals surface area contributed by atoms with Gasteiger partial charge >= 0.3 is 0 Å². The van der Waals surface area contributed by atoms with Crippen molar-refractivity contribution in [3.63, 3.8) is 0 Å². The molecule has 90 valence electrons. The average molecular weight is 233 g/mol. The van der Waals surface area contributed by atoms with Gasteiger partial charge in [0.05, 0.1) is 19.2 Å². The molecule has 1 aromatic carbocycles. The van der Waals surface area contributed by atoms with Crippen LogP contribution in [0.2, 0.25) is 0 Å². The van der Waals surface area contributed by atoms with Gasteiger partial charge in [-0.2, -0.15) is 5.26 Å². The molecule has 5 heteroatoms. The molecule has 0 unspecified atom stereocenters. The highest BCUT2D eigenvalue weighted by molar-refractivity contribution is 5.81. The van der Waals surface area contributed by atoms with Crippen LogP contribution >= 0.6 is 0 Å². The Balaban J connectivity index is 2.51. The molecule has 0 aromatic heterocycles. The first-order valence-corrected chi connectivity index (χ1v) is 5.22. The van der Waals surface area contributed by atoms with Crippen molar-refractivity contribution in [2.45, 2.75) is 6.61 Å². The minimum Gasteiger partial charge on any atom is -0.380 e. The number of para-hydroxylation sites is 1. The van der Waals surface area contributed by atoms with Crippen LogP contribution < -0.4 is 10.6 Å². The second-order valence-corrected chi connectivity index (χ2v) is 3.38. The summed E-state index contributed by atoms with van der Waals surface area (Å²) in [6.45, 7) is 0.658. The fourth-order valence-corrected chi connectivity index (χ4v) is 1.35. The Morgan fingerprint density at radius 2 is 2.24 bits per heavy atom. The standard InChI is InChI=1S/C12H15N3O2/c1-17-9-10-4-2-3-5-11(10)15-8-12(16)14-7-6-13/h2-5,15H,7-9H2,1H3,(H,14,16). The van der Waals surface area contributed by atoms with Crippen molar-refractivity contribution in [2.24, 2.45) is 0 Å². The zero-order valence-corrected chi connectivity index (χ0v) is 9.69. The monoisotopic (exact) mass is 233 g/mol.